The maximum absolute atomic E-state index is 3.68. The van der Waals surface area contributed by atoms with Crippen molar-refractivity contribution in [2.24, 2.45) is 11.3 Å². The van der Waals surface area contributed by atoms with Gasteiger partial charge < -0.3 is 4.90 Å². The lowest BCUT2D eigenvalue weighted by atomic mass is 9.77. The Morgan fingerprint density at radius 3 is 2.55 bits per heavy atom. The third-order valence-electron chi connectivity index (χ3n) is 4.50. The predicted molar refractivity (Wildman–Crippen MR) is 95.8 cm³/mol. The van der Waals surface area contributed by atoms with Crippen LogP contribution in [0.1, 0.15) is 45.6 Å². The molecule has 1 aromatic rings. The monoisotopic (exact) mass is 401 g/mol. The summed E-state index contributed by atoms with van der Waals surface area (Å²) in [4.78, 5) is 2.55. The number of rotatable bonds is 2. The minimum Gasteiger partial charge on any atom is -0.371 e. The van der Waals surface area contributed by atoms with Gasteiger partial charge in [0.15, 0.2) is 0 Å². The van der Waals surface area contributed by atoms with Gasteiger partial charge in [0.05, 0.1) is 0 Å². The SMILES string of the molecule is CC(C)(C)C1CCCN(c2ccc(CBr)c(Br)c2)CC1. The van der Waals surface area contributed by atoms with Crippen molar-refractivity contribution in [3.8, 4) is 0 Å². The second-order valence-corrected chi connectivity index (χ2v) is 8.31. The summed E-state index contributed by atoms with van der Waals surface area (Å²) >= 11 is 7.21. The first-order chi connectivity index (χ1) is 9.41. The van der Waals surface area contributed by atoms with E-state index in [2.05, 4.69) is 75.7 Å². The molecule has 0 N–H and O–H groups in total. The van der Waals surface area contributed by atoms with Crippen molar-refractivity contribution in [3.05, 3.63) is 28.2 Å². The first-order valence-electron chi connectivity index (χ1n) is 7.51. The molecule has 2 rings (SSSR count). The summed E-state index contributed by atoms with van der Waals surface area (Å²) in [6.45, 7) is 9.52. The van der Waals surface area contributed by atoms with Crippen LogP contribution in [0.25, 0.3) is 0 Å². The van der Waals surface area contributed by atoms with Crippen molar-refractivity contribution in [2.45, 2.75) is 45.4 Å². The van der Waals surface area contributed by atoms with E-state index in [0.29, 0.717) is 5.41 Å². The highest BCUT2D eigenvalue weighted by Crippen LogP contribution is 2.35. The molecule has 1 saturated heterocycles. The molecule has 0 aromatic heterocycles. The van der Waals surface area contributed by atoms with Crippen molar-refractivity contribution in [1.29, 1.82) is 0 Å². The number of anilines is 1. The molecule has 0 radical (unpaired) electrons. The van der Waals surface area contributed by atoms with Gasteiger partial charge in [0, 0.05) is 28.6 Å². The summed E-state index contributed by atoms with van der Waals surface area (Å²) in [6, 6.07) is 6.76. The van der Waals surface area contributed by atoms with E-state index in [1.54, 1.807) is 0 Å². The third kappa shape index (κ3) is 4.00. The van der Waals surface area contributed by atoms with E-state index in [1.165, 1.54) is 48.1 Å². The molecule has 1 aromatic carbocycles. The number of halogens is 2. The average Bonchev–Trinajstić information content (AvgIpc) is 2.63. The van der Waals surface area contributed by atoms with Gasteiger partial charge in [-0.3, -0.25) is 0 Å². The molecule has 0 spiro atoms. The van der Waals surface area contributed by atoms with E-state index in [4.69, 9.17) is 0 Å². The topological polar surface area (TPSA) is 3.24 Å². The van der Waals surface area contributed by atoms with Gasteiger partial charge in [0.2, 0.25) is 0 Å². The molecule has 1 aliphatic heterocycles. The van der Waals surface area contributed by atoms with Crippen LogP contribution in [0.5, 0.6) is 0 Å². The minimum absolute atomic E-state index is 0.441. The zero-order valence-corrected chi connectivity index (χ0v) is 15.9. The molecule has 0 amide bonds. The van der Waals surface area contributed by atoms with E-state index in [0.717, 1.165) is 11.2 Å². The molecular formula is C17H25Br2N. The Morgan fingerprint density at radius 1 is 1.20 bits per heavy atom. The van der Waals surface area contributed by atoms with Crippen LogP contribution in [0.15, 0.2) is 22.7 Å². The van der Waals surface area contributed by atoms with E-state index in [1.807, 2.05) is 0 Å². The second-order valence-electron chi connectivity index (χ2n) is 6.89. The van der Waals surface area contributed by atoms with Gasteiger partial charge >= 0.3 is 0 Å². The van der Waals surface area contributed by atoms with Gasteiger partial charge in [-0.15, -0.1) is 0 Å². The van der Waals surface area contributed by atoms with Crippen LogP contribution in [0, 0.1) is 11.3 Å². The molecule has 1 unspecified atom stereocenters. The third-order valence-corrected chi connectivity index (χ3v) is 5.84. The van der Waals surface area contributed by atoms with E-state index in [9.17, 15) is 0 Å². The largest absolute Gasteiger partial charge is 0.371 e. The van der Waals surface area contributed by atoms with Gasteiger partial charge in [0.25, 0.3) is 0 Å². The van der Waals surface area contributed by atoms with E-state index in [-0.39, 0.29) is 0 Å². The molecule has 1 fully saturated rings. The highest BCUT2D eigenvalue weighted by atomic mass is 79.9. The summed E-state index contributed by atoms with van der Waals surface area (Å²) in [7, 11) is 0. The Kier molecular flexibility index (Phi) is 5.58. The lowest BCUT2D eigenvalue weighted by Crippen LogP contribution is -2.26. The number of nitrogens with zero attached hydrogens (tertiary/aromatic N) is 1. The molecule has 20 heavy (non-hydrogen) atoms. The maximum Gasteiger partial charge on any atom is 0.0377 e. The average molecular weight is 403 g/mol. The van der Waals surface area contributed by atoms with Crippen molar-refractivity contribution in [3.63, 3.8) is 0 Å². The van der Waals surface area contributed by atoms with Crippen LogP contribution in [-0.2, 0) is 5.33 Å². The van der Waals surface area contributed by atoms with Gasteiger partial charge in [-0.1, -0.05) is 58.7 Å². The summed E-state index contributed by atoms with van der Waals surface area (Å²) in [5, 5.41) is 0.903. The zero-order valence-electron chi connectivity index (χ0n) is 12.8. The molecule has 1 aliphatic rings. The van der Waals surface area contributed by atoms with E-state index < -0.39 is 0 Å². The van der Waals surface area contributed by atoms with Crippen LogP contribution in [-0.4, -0.2) is 13.1 Å². The Hall–Kier alpha value is -0.0200. The summed E-state index contributed by atoms with van der Waals surface area (Å²) in [5.41, 5.74) is 3.11. The van der Waals surface area contributed by atoms with Crippen LogP contribution in [0.3, 0.4) is 0 Å². The van der Waals surface area contributed by atoms with Crippen molar-refractivity contribution in [1.82, 2.24) is 0 Å². The van der Waals surface area contributed by atoms with E-state index >= 15 is 0 Å². The van der Waals surface area contributed by atoms with Crippen LogP contribution >= 0.6 is 31.9 Å². The molecular weight excluding hydrogens is 378 g/mol. The quantitative estimate of drug-likeness (QED) is 0.548. The smallest absolute Gasteiger partial charge is 0.0377 e. The highest BCUT2D eigenvalue weighted by molar-refractivity contribution is 9.10. The standard InChI is InChI=1S/C17H25Br2N/c1-17(2,3)14-5-4-9-20(10-8-14)15-7-6-13(12-18)16(19)11-15/h6-7,11,14H,4-5,8-10,12H2,1-3H3. The van der Waals surface area contributed by atoms with Crippen molar-refractivity contribution >= 4 is 37.5 Å². The molecule has 0 bridgehead atoms. The zero-order chi connectivity index (χ0) is 14.8. The molecule has 3 heteroatoms. The molecule has 0 saturated carbocycles. The lowest BCUT2D eigenvalue weighted by molar-refractivity contribution is 0.220. The number of alkyl halides is 1. The molecule has 0 aliphatic carbocycles. The minimum atomic E-state index is 0.441. The van der Waals surface area contributed by atoms with Crippen molar-refractivity contribution < 1.29 is 0 Å². The number of hydrogen-bond donors (Lipinski definition) is 0. The van der Waals surface area contributed by atoms with Crippen molar-refractivity contribution in [2.75, 3.05) is 18.0 Å². The fraction of sp³-hybridized carbons (Fsp3) is 0.647. The molecule has 112 valence electrons. The number of benzene rings is 1. The normalized spacial score (nSPS) is 20.9. The van der Waals surface area contributed by atoms with Gasteiger partial charge in [0.1, 0.15) is 0 Å². The van der Waals surface area contributed by atoms with Gasteiger partial charge in [-0.05, 0) is 48.3 Å². The Labute approximate surface area is 140 Å². The lowest BCUT2D eigenvalue weighted by Gasteiger charge is -2.30. The van der Waals surface area contributed by atoms with Crippen LogP contribution in [0.4, 0.5) is 5.69 Å². The predicted octanol–water partition coefficient (Wildman–Crippen LogP) is 6.00. The fourth-order valence-electron chi connectivity index (χ4n) is 3.06. The Morgan fingerprint density at radius 2 is 1.95 bits per heavy atom. The fourth-order valence-corrected chi connectivity index (χ4v) is 4.43. The summed E-state index contributed by atoms with van der Waals surface area (Å²) < 4.78 is 1.21. The molecule has 1 heterocycles. The van der Waals surface area contributed by atoms with Gasteiger partial charge in [-0.2, -0.15) is 0 Å². The molecule has 1 atom stereocenters. The summed E-state index contributed by atoms with van der Waals surface area (Å²) in [5.74, 6) is 0.845. The Balaban J connectivity index is 2.09. The maximum atomic E-state index is 3.68. The first kappa shape index (κ1) is 16.4. The van der Waals surface area contributed by atoms with Gasteiger partial charge in [-0.25, -0.2) is 0 Å². The number of hydrogen-bond acceptors (Lipinski definition) is 1. The molecule has 1 nitrogen and oxygen atoms in total. The summed E-state index contributed by atoms with van der Waals surface area (Å²) in [6.07, 6.45) is 3.97. The Bertz CT molecular complexity index is 451. The first-order valence-corrected chi connectivity index (χ1v) is 9.42. The second kappa shape index (κ2) is 6.83. The highest BCUT2D eigenvalue weighted by Gasteiger charge is 2.27. The van der Waals surface area contributed by atoms with Crippen LogP contribution < -0.4 is 4.90 Å². The van der Waals surface area contributed by atoms with Crippen LogP contribution in [0.2, 0.25) is 0 Å².